The van der Waals surface area contributed by atoms with E-state index in [0.29, 0.717) is 5.89 Å². The second kappa shape index (κ2) is 4.37. The monoisotopic (exact) mass is 232 g/mol. The van der Waals surface area contributed by atoms with Crippen LogP contribution in [0.4, 0.5) is 0 Å². The first-order valence-electron chi connectivity index (χ1n) is 5.11. The number of aromatic nitrogens is 2. The van der Waals surface area contributed by atoms with E-state index in [9.17, 15) is 4.79 Å². The molecule has 0 aliphatic carbocycles. The molecule has 0 amide bonds. The quantitative estimate of drug-likeness (QED) is 0.742. The largest absolute Gasteiger partial charge is 0.463 e. The molecule has 1 aromatic heterocycles. The number of nitrogens with zero attached hydrogens (tertiary/aromatic N) is 2. The number of benzene rings is 1. The minimum Gasteiger partial charge on any atom is -0.463 e. The molecule has 5 heteroatoms. The first kappa shape index (κ1) is 11.3. The highest BCUT2D eigenvalue weighted by Crippen LogP contribution is 2.20. The van der Waals surface area contributed by atoms with Gasteiger partial charge in [0.15, 0.2) is 0 Å². The zero-order valence-corrected chi connectivity index (χ0v) is 9.85. The Labute approximate surface area is 98.4 Å². The summed E-state index contributed by atoms with van der Waals surface area (Å²) in [6, 6.07) is 5.88. The third-order valence-corrected chi connectivity index (χ3v) is 2.26. The second-order valence-corrected chi connectivity index (χ2v) is 3.79. The number of methoxy groups -OCH3 is 1. The predicted octanol–water partition coefficient (Wildman–Crippen LogP) is 2.14. The van der Waals surface area contributed by atoms with Gasteiger partial charge in [0.1, 0.15) is 0 Å². The maximum absolute atomic E-state index is 11.2. The van der Waals surface area contributed by atoms with Gasteiger partial charge in [-0.3, -0.25) is 0 Å². The van der Waals surface area contributed by atoms with Gasteiger partial charge in [0.05, 0.1) is 7.11 Å². The molecule has 5 nitrogen and oxygen atoms in total. The number of carbonyl (C=O) groups is 1. The van der Waals surface area contributed by atoms with E-state index in [4.69, 9.17) is 4.52 Å². The van der Waals surface area contributed by atoms with Crippen LogP contribution >= 0.6 is 0 Å². The summed E-state index contributed by atoms with van der Waals surface area (Å²) in [6.45, 7) is 3.96. The van der Waals surface area contributed by atoms with Crippen LogP contribution in [0, 0.1) is 13.8 Å². The van der Waals surface area contributed by atoms with Crippen molar-refractivity contribution < 1.29 is 14.1 Å². The maximum atomic E-state index is 11.2. The molecule has 2 aromatic rings. The normalized spacial score (nSPS) is 10.3. The number of aryl methyl sites for hydroxylation is 2. The molecule has 0 bridgehead atoms. The zero-order chi connectivity index (χ0) is 12.4. The number of ether oxygens (including phenoxy) is 1. The molecule has 0 fully saturated rings. The first-order valence-corrected chi connectivity index (χ1v) is 5.11. The number of esters is 1. The van der Waals surface area contributed by atoms with E-state index >= 15 is 0 Å². The average Bonchev–Trinajstić information content (AvgIpc) is 2.76. The Morgan fingerprint density at radius 3 is 2.47 bits per heavy atom. The van der Waals surface area contributed by atoms with Gasteiger partial charge in [0.2, 0.25) is 0 Å². The van der Waals surface area contributed by atoms with E-state index in [2.05, 4.69) is 14.9 Å². The third kappa shape index (κ3) is 2.33. The van der Waals surface area contributed by atoms with E-state index in [1.54, 1.807) is 0 Å². The Morgan fingerprint density at radius 1 is 1.24 bits per heavy atom. The molecule has 88 valence electrons. The Hall–Kier alpha value is -2.17. The van der Waals surface area contributed by atoms with Gasteiger partial charge in [0, 0.05) is 5.56 Å². The van der Waals surface area contributed by atoms with E-state index in [0.717, 1.165) is 16.7 Å². The van der Waals surface area contributed by atoms with Crippen LogP contribution < -0.4 is 0 Å². The van der Waals surface area contributed by atoms with Crippen LogP contribution in [-0.2, 0) is 4.74 Å². The molecule has 0 saturated heterocycles. The molecule has 0 atom stereocenters. The van der Waals surface area contributed by atoms with E-state index in [1.165, 1.54) is 7.11 Å². The number of carbonyl (C=O) groups excluding carboxylic acids is 1. The summed E-state index contributed by atoms with van der Waals surface area (Å²) in [5.74, 6) is -0.358. The van der Waals surface area contributed by atoms with Gasteiger partial charge < -0.3 is 9.26 Å². The van der Waals surface area contributed by atoms with Crippen LogP contribution in [0.3, 0.4) is 0 Å². The summed E-state index contributed by atoms with van der Waals surface area (Å²) in [5.41, 5.74) is 2.99. The van der Waals surface area contributed by atoms with Gasteiger partial charge in [0.25, 0.3) is 11.7 Å². The van der Waals surface area contributed by atoms with Crippen LogP contribution in [-0.4, -0.2) is 23.2 Å². The standard InChI is InChI=1S/C12H12N2O3/c1-7-4-8(2)6-9(5-7)11-13-10(14-17-11)12(15)16-3/h4-6H,1-3H3. The van der Waals surface area contributed by atoms with Gasteiger partial charge in [-0.25, -0.2) is 4.79 Å². The summed E-state index contributed by atoms with van der Waals surface area (Å²) in [7, 11) is 1.27. The van der Waals surface area contributed by atoms with Crippen molar-refractivity contribution in [1.82, 2.24) is 10.1 Å². The van der Waals surface area contributed by atoms with Crippen molar-refractivity contribution in [3.63, 3.8) is 0 Å². The topological polar surface area (TPSA) is 65.2 Å². The summed E-state index contributed by atoms with van der Waals surface area (Å²) >= 11 is 0. The van der Waals surface area contributed by atoms with E-state index in [-0.39, 0.29) is 5.82 Å². The van der Waals surface area contributed by atoms with Crippen molar-refractivity contribution in [2.45, 2.75) is 13.8 Å². The lowest BCUT2D eigenvalue weighted by molar-refractivity contribution is 0.0583. The second-order valence-electron chi connectivity index (χ2n) is 3.79. The van der Waals surface area contributed by atoms with E-state index < -0.39 is 5.97 Å². The Bertz CT molecular complexity index is 540. The number of hydrogen-bond acceptors (Lipinski definition) is 5. The average molecular weight is 232 g/mol. The summed E-state index contributed by atoms with van der Waals surface area (Å²) < 4.78 is 9.53. The number of rotatable bonds is 2. The molecule has 0 radical (unpaired) electrons. The van der Waals surface area contributed by atoms with Gasteiger partial charge in [-0.2, -0.15) is 4.98 Å². The first-order chi connectivity index (χ1) is 8.10. The fourth-order valence-electron chi connectivity index (χ4n) is 1.61. The fraction of sp³-hybridized carbons (Fsp3) is 0.250. The van der Waals surface area contributed by atoms with Crippen LogP contribution in [0.15, 0.2) is 22.7 Å². The van der Waals surface area contributed by atoms with E-state index in [1.807, 2.05) is 32.0 Å². The van der Waals surface area contributed by atoms with Crippen molar-refractivity contribution >= 4 is 5.97 Å². The molecular formula is C12H12N2O3. The van der Waals surface area contributed by atoms with Crippen molar-refractivity contribution in [3.05, 3.63) is 35.2 Å². The van der Waals surface area contributed by atoms with Crippen LogP contribution in [0.5, 0.6) is 0 Å². The van der Waals surface area contributed by atoms with Crippen molar-refractivity contribution in [2.75, 3.05) is 7.11 Å². The third-order valence-electron chi connectivity index (χ3n) is 2.26. The van der Waals surface area contributed by atoms with Gasteiger partial charge >= 0.3 is 5.97 Å². The highest BCUT2D eigenvalue weighted by atomic mass is 16.5. The molecular weight excluding hydrogens is 220 g/mol. The van der Waals surface area contributed by atoms with Crippen LogP contribution in [0.2, 0.25) is 0 Å². The molecule has 1 heterocycles. The van der Waals surface area contributed by atoms with Gasteiger partial charge in [-0.15, -0.1) is 0 Å². The van der Waals surface area contributed by atoms with Crippen LogP contribution in [0.1, 0.15) is 21.7 Å². The Kier molecular flexibility index (Phi) is 2.91. The Balaban J connectivity index is 2.40. The molecule has 17 heavy (non-hydrogen) atoms. The fourth-order valence-corrected chi connectivity index (χ4v) is 1.61. The molecule has 0 aliphatic rings. The summed E-state index contributed by atoms with van der Waals surface area (Å²) in [4.78, 5) is 15.2. The SMILES string of the molecule is COC(=O)c1noc(-c2cc(C)cc(C)c2)n1. The summed E-state index contributed by atoms with van der Waals surface area (Å²) in [5, 5.41) is 3.56. The number of hydrogen-bond donors (Lipinski definition) is 0. The molecule has 1 aromatic carbocycles. The maximum Gasteiger partial charge on any atom is 0.379 e. The summed E-state index contributed by atoms with van der Waals surface area (Å²) in [6.07, 6.45) is 0. The van der Waals surface area contributed by atoms with Gasteiger partial charge in [-0.05, 0) is 31.1 Å². The zero-order valence-electron chi connectivity index (χ0n) is 9.85. The molecule has 0 spiro atoms. The lowest BCUT2D eigenvalue weighted by Gasteiger charge is -1.99. The minimum atomic E-state index is -0.607. The van der Waals surface area contributed by atoms with Crippen molar-refractivity contribution in [2.24, 2.45) is 0 Å². The smallest absolute Gasteiger partial charge is 0.379 e. The lowest BCUT2D eigenvalue weighted by Crippen LogP contribution is -2.03. The van der Waals surface area contributed by atoms with Crippen molar-refractivity contribution in [1.29, 1.82) is 0 Å². The van der Waals surface area contributed by atoms with Crippen molar-refractivity contribution in [3.8, 4) is 11.5 Å². The highest BCUT2D eigenvalue weighted by Gasteiger charge is 2.16. The molecule has 0 saturated carbocycles. The lowest BCUT2D eigenvalue weighted by atomic mass is 10.1. The molecule has 0 aliphatic heterocycles. The minimum absolute atomic E-state index is 0.0679. The van der Waals surface area contributed by atoms with Crippen LogP contribution in [0.25, 0.3) is 11.5 Å². The molecule has 0 unspecified atom stereocenters. The Morgan fingerprint density at radius 2 is 1.88 bits per heavy atom. The molecule has 2 rings (SSSR count). The predicted molar refractivity (Wildman–Crippen MR) is 60.5 cm³/mol. The van der Waals surface area contributed by atoms with Gasteiger partial charge in [-0.1, -0.05) is 17.2 Å². The highest BCUT2D eigenvalue weighted by molar-refractivity contribution is 5.85. The molecule has 0 N–H and O–H groups in total.